The number of anilines is 1. The molecule has 27 heavy (non-hydrogen) atoms. The van der Waals surface area contributed by atoms with Gasteiger partial charge in [0.05, 0.1) is 6.54 Å². The van der Waals surface area contributed by atoms with Crippen LogP contribution in [-0.2, 0) is 14.4 Å². The molecule has 0 spiro atoms. The van der Waals surface area contributed by atoms with Crippen molar-refractivity contribution in [2.45, 2.75) is 25.8 Å². The molecule has 7 nitrogen and oxygen atoms in total. The molecule has 0 radical (unpaired) electrons. The summed E-state index contributed by atoms with van der Waals surface area (Å²) in [6.07, 6.45) is 1.17. The molecule has 1 atom stereocenters. The molecule has 0 saturated carbocycles. The maximum Gasteiger partial charge on any atom is 0.246 e. The minimum atomic E-state index is -0.595. The number of rotatable bonds is 6. The SMILES string of the molecule is CC(=O)N1CCN(C(=O)CCCN(C)c2ccccc2)CC1C(=O)N(C)C. The van der Waals surface area contributed by atoms with Gasteiger partial charge in [-0.05, 0) is 18.6 Å². The Labute approximate surface area is 161 Å². The molecule has 1 aromatic carbocycles. The second kappa shape index (κ2) is 9.39. The number of piperazine rings is 1. The Morgan fingerprint density at radius 1 is 1.07 bits per heavy atom. The largest absolute Gasteiger partial charge is 0.375 e. The van der Waals surface area contributed by atoms with Crippen molar-refractivity contribution < 1.29 is 14.4 Å². The highest BCUT2D eigenvalue weighted by molar-refractivity contribution is 5.88. The van der Waals surface area contributed by atoms with Gasteiger partial charge in [0.2, 0.25) is 17.7 Å². The van der Waals surface area contributed by atoms with Gasteiger partial charge in [-0.15, -0.1) is 0 Å². The zero-order valence-electron chi connectivity index (χ0n) is 16.7. The summed E-state index contributed by atoms with van der Waals surface area (Å²) in [5.41, 5.74) is 1.12. The van der Waals surface area contributed by atoms with Crippen molar-refractivity contribution in [3.63, 3.8) is 0 Å². The molecule has 2 rings (SSSR count). The number of benzene rings is 1. The van der Waals surface area contributed by atoms with Gasteiger partial charge in [0.15, 0.2) is 0 Å². The van der Waals surface area contributed by atoms with Crippen molar-refractivity contribution in [2.24, 2.45) is 0 Å². The van der Waals surface area contributed by atoms with Crippen LogP contribution in [0.3, 0.4) is 0 Å². The number of hydrogen-bond donors (Lipinski definition) is 0. The van der Waals surface area contributed by atoms with Gasteiger partial charge in [-0.1, -0.05) is 18.2 Å². The highest BCUT2D eigenvalue weighted by atomic mass is 16.2. The summed E-state index contributed by atoms with van der Waals surface area (Å²) >= 11 is 0. The maximum absolute atomic E-state index is 12.6. The highest BCUT2D eigenvalue weighted by Crippen LogP contribution is 2.15. The number of para-hydroxylation sites is 1. The first-order valence-electron chi connectivity index (χ1n) is 9.33. The van der Waals surface area contributed by atoms with Crippen LogP contribution in [-0.4, -0.2) is 85.8 Å². The van der Waals surface area contributed by atoms with Crippen LogP contribution in [0.4, 0.5) is 5.69 Å². The molecule has 1 aromatic rings. The fraction of sp³-hybridized carbons (Fsp3) is 0.550. The summed E-state index contributed by atoms with van der Waals surface area (Å²) in [5.74, 6) is -0.241. The predicted octanol–water partition coefficient (Wildman–Crippen LogP) is 1.05. The van der Waals surface area contributed by atoms with Gasteiger partial charge in [0.25, 0.3) is 0 Å². The van der Waals surface area contributed by atoms with Crippen molar-refractivity contribution in [3.05, 3.63) is 30.3 Å². The lowest BCUT2D eigenvalue weighted by atomic mass is 10.1. The molecule has 1 unspecified atom stereocenters. The first-order valence-corrected chi connectivity index (χ1v) is 9.33. The number of nitrogens with zero attached hydrogens (tertiary/aromatic N) is 4. The van der Waals surface area contributed by atoms with E-state index >= 15 is 0 Å². The van der Waals surface area contributed by atoms with E-state index in [9.17, 15) is 14.4 Å². The molecule has 0 bridgehead atoms. The third-order valence-electron chi connectivity index (χ3n) is 4.94. The van der Waals surface area contributed by atoms with Gasteiger partial charge in [0.1, 0.15) is 6.04 Å². The predicted molar refractivity (Wildman–Crippen MR) is 105 cm³/mol. The van der Waals surface area contributed by atoms with E-state index in [1.165, 1.54) is 11.8 Å². The van der Waals surface area contributed by atoms with E-state index in [-0.39, 0.29) is 24.3 Å². The molecule has 1 heterocycles. The van der Waals surface area contributed by atoms with Gasteiger partial charge >= 0.3 is 0 Å². The standard InChI is InChI=1S/C20H30N4O3/c1-16(25)24-14-13-23(15-18(24)20(27)21(2)3)19(26)11-8-12-22(4)17-9-6-5-7-10-17/h5-7,9-10,18H,8,11-15H2,1-4H3. The summed E-state index contributed by atoms with van der Waals surface area (Å²) in [4.78, 5) is 43.8. The topological polar surface area (TPSA) is 64.2 Å². The smallest absolute Gasteiger partial charge is 0.246 e. The second-order valence-electron chi connectivity index (χ2n) is 7.16. The van der Waals surface area contributed by atoms with Crippen molar-refractivity contribution in [1.82, 2.24) is 14.7 Å². The molecule has 7 heteroatoms. The van der Waals surface area contributed by atoms with Crippen LogP contribution in [0.15, 0.2) is 30.3 Å². The van der Waals surface area contributed by atoms with E-state index in [0.29, 0.717) is 19.5 Å². The van der Waals surface area contributed by atoms with Crippen LogP contribution in [0.2, 0.25) is 0 Å². The minimum Gasteiger partial charge on any atom is -0.375 e. The quantitative estimate of drug-likeness (QED) is 0.747. The zero-order valence-corrected chi connectivity index (χ0v) is 16.7. The fourth-order valence-electron chi connectivity index (χ4n) is 3.33. The highest BCUT2D eigenvalue weighted by Gasteiger charge is 2.36. The first-order chi connectivity index (χ1) is 12.8. The molecule has 1 fully saturated rings. The molecule has 1 aliphatic rings. The third-order valence-corrected chi connectivity index (χ3v) is 4.94. The normalized spacial score (nSPS) is 16.8. The Bertz CT molecular complexity index is 662. The average Bonchev–Trinajstić information content (AvgIpc) is 2.67. The molecule has 0 aromatic heterocycles. The number of carbonyl (C=O) groups excluding carboxylic acids is 3. The lowest BCUT2D eigenvalue weighted by Crippen LogP contribution is -2.61. The molecular weight excluding hydrogens is 344 g/mol. The van der Waals surface area contributed by atoms with E-state index < -0.39 is 6.04 Å². The molecule has 1 saturated heterocycles. The molecule has 0 N–H and O–H groups in total. The number of likely N-dealkylation sites (N-methyl/N-ethyl adjacent to an activating group) is 1. The van der Waals surface area contributed by atoms with Crippen LogP contribution in [0.5, 0.6) is 0 Å². The summed E-state index contributed by atoms with van der Waals surface area (Å²) < 4.78 is 0. The Morgan fingerprint density at radius 3 is 2.33 bits per heavy atom. The van der Waals surface area contributed by atoms with Crippen molar-refractivity contribution in [2.75, 3.05) is 52.2 Å². The van der Waals surface area contributed by atoms with E-state index in [1.54, 1.807) is 23.9 Å². The van der Waals surface area contributed by atoms with Gasteiger partial charge in [0, 0.05) is 59.8 Å². The van der Waals surface area contributed by atoms with Gasteiger partial charge in [-0.2, -0.15) is 0 Å². The number of amides is 3. The summed E-state index contributed by atoms with van der Waals surface area (Å²) in [5, 5.41) is 0. The van der Waals surface area contributed by atoms with E-state index in [2.05, 4.69) is 4.90 Å². The monoisotopic (exact) mass is 374 g/mol. The Kier molecular flexibility index (Phi) is 7.21. The number of carbonyl (C=O) groups is 3. The molecule has 0 aliphatic carbocycles. The Hall–Kier alpha value is -2.57. The van der Waals surface area contributed by atoms with E-state index in [0.717, 1.165) is 18.7 Å². The number of hydrogen-bond acceptors (Lipinski definition) is 4. The van der Waals surface area contributed by atoms with E-state index in [1.807, 2.05) is 37.4 Å². The van der Waals surface area contributed by atoms with Crippen molar-refractivity contribution in [1.29, 1.82) is 0 Å². The summed E-state index contributed by atoms with van der Waals surface area (Å²) in [6, 6.07) is 9.45. The Balaban J connectivity index is 1.88. The Morgan fingerprint density at radius 2 is 1.74 bits per heavy atom. The first kappa shape index (κ1) is 20.7. The van der Waals surface area contributed by atoms with Crippen LogP contribution >= 0.6 is 0 Å². The average molecular weight is 374 g/mol. The lowest BCUT2D eigenvalue weighted by Gasteiger charge is -2.41. The fourth-order valence-corrected chi connectivity index (χ4v) is 3.33. The third kappa shape index (κ3) is 5.45. The second-order valence-corrected chi connectivity index (χ2v) is 7.16. The van der Waals surface area contributed by atoms with E-state index in [4.69, 9.17) is 0 Å². The van der Waals surface area contributed by atoms with Gasteiger partial charge < -0.3 is 19.6 Å². The zero-order chi connectivity index (χ0) is 20.0. The molecule has 148 valence electrons. The van der Waals surface area contributed by atoms with Gasteiger partial charge in [-0.3, -0.25) is 14.4 Å². The molecule has 3 amide bonds. The minimum absolute atomic E-state index is 0.0382. The van der Waals surface area contributed by atoms with Crippen LogP contribution in [0.1, 0.15) is 19.8 Å². The summed E-state index contributed by atoms with van der Waals surface area (Å²) in [7, 11) is 5.35. The molecule has 1 aliphatic heterocycles. The molecular formula is C20H30N4O3. The summed E-state index contributed by atoms with van der Waals surface area (Å²) in [6.45, 7) is 3.39. The van der Waals surface area contributed by atoms with Crippen molar-refractivity contribution in [3.8, 4) is 0 Å². The van der Waals surface area contributed by atoms with Crippen LogP contribution < -0.4 is 4.90 Å². The maximum atomic E-state index is 12.6. The lowest BCUT2D eigenvalue weighted by molar-refractivity contribution is -0.150. The van der Waals surface area contributed by atoms with Crippen LogP contribution in [0.25, 0.3) is 0 Å². The van der Waals surface area contributed by atoms with Crippen molar-refractivity contribution >= 4 is 23.4 Å². The van der Waals surface area contributed by atoms with Gasteiger partial charge in [-0.25, -0.2) is 0 Å². The van der Waals surface area contributed by atoms with Crippen LogP contribution in [0, 0.1) is 0 Å².